The molecule has 1 saturated heterocycles. The molecule has 3 rings (SSSR count). The molecule has 0 bridgehead atoms. The Morgan fingerprint density at radius 1 is 1.41 bits per heavy atom. The summed E-state index contributed by atoms with van der Waals surface area (Å²) in [6.07, 6.45) is 2.02. The molecule has 1 aliphatic heterocycles. The van der Waals surface area contributed by atoms with E-state index in [1.54, 1.807) is 7.11 Å². The Hall–Kier alpha value is -1.28. The third-order valence-corrected chi connectivity index (χ3v) is 5.71. The third kappa shape index (κ3) is 4.42. The van der Waals surface area contributed by atoms with E-state index in [0.29, 0.717) is 24.6 Å². The number of hydrogen-bond acceptors (Lipinski definition) is 5. The number of benzene rings is 1. The minimum Gasteiger partial charge on any atom is -0.383 e. The fourth-order valence-electron chi connectivity index (χ4n) is 3.97. The normalized spacial score (nSPS) is 19.5. The summed E-state index contributed by atoms with van der Waals surface area (Å²) in [7, 11) is 1.74. The monoisotopic (exact) mass is 436 g/mol. The predicted octanol–water partition coefficient (Wildman–Crippen LogP) is 2.94. The summed E-state index contributed by atoms with van der Waals surface area (Å²) in [5.41, 5.74) is 0.816. The summed E-state index contributed by atoms with van der Waals surface area (Å²) >= 11 is 3.47. The zero-order chi connectivity index (χ0) is 19.4. The molecule has 1 unspecified atom stereocenters. The maximum absolute atomic E-state index is 13.1. The summed E-state index contributed by atoms with van der Waals surface area (Å²) in [5.74, 6) is 0.886. The zero-order valence-corrected chi connectivity index (χ0v) is 18.0. The van der Waals surface area contributed by atoms with Gasteiger partial charge in [0.05, 0.1) is 23.6 Å². The van der Waals surface area contributed by atoms with E-state index in [0.717, 1.165) is 48.3 Å². The van der Waals surface area contributed by atoms with Crippen LogP contribution in [0.4, 0.5) is 0 Å². The van der Waals surface area contributed by atoms with Gasteiger partial charge in [-0.15, -0.1) is 0 Å². The van der Waals surface area contributed by atoms with Crippen LogP contribution in [-0.2, 0) is 11.3 Å². The van der Waals surface area contributed by atoms with Crippen molar-refractivity contribution in [3.8, 4) is 0 Å². The van der Waals surface area contributed by atoms with Crippen LogP contribution in [0.2, 0.25) is 0 Å². The molecule has 1 N–H and O–H groups in total. The molecule has 0 amide bonds. The van der Waals surface area contributed by atoms with Crippen LogP contribution in [0.1, 0.15) is 38.6 Å². The van der Waals surface area contributed by atoms with E-state index in [1.807, 2.05) is 29.7 Å². The van der Waals surface area contributed by atoms with Crippen molar-refractivity contribution in [1.29, 1.82) is 0 Å². The van der Waals surface area contributed by atoms with Gasteiger partial charge in [0.2, 0.25) is 0 Å². The SMILES string of the molecule is CCCC(c1nc2ccc(Br)cc2c(=O)n1CC)N1CCN[C@@H](COC)C1. The van der Waals surface area contributed by atoms with Gasteiger partial charge in [0.15, 0.2) is 0 Å². The molecule has 27 heavy (non-hydrogen) atoms. The molecule has 0 saturated carbocycles. The molecule has 6 nitrogen and oxygen atoms in total. The van der Waals surface area contributed by atoms with E-state index in [-0.39, 0.29) is 11.6 Å². The molecule has 7 heteroatoms. The molecule has 1 aliphatic rings. The maximum Gasteiger partial charge on any atom is 0.261 e. The number of nitrogens with zero attached hydrogens (tertiary/aromatic N) is 3. The Balaban J connectivity index is 2.05. The number of ether oxygens (including phenoxy) is 1. The molecule has 0 aliphatic carbocycles. The summed E-state index contributed by atoms with van der Waals surface area (Å²) in [6, 6.07) is 6.19. The summed E-state index contributed by atoms with van der Waals surface area (Å²) in [5, 5.41) is 4.18. The Morgan fingerprint density at radius 2 is 2.22 bits per heavy atom. The molecule has 2 heterocycles. The first kappa shape index (κ1) is 20.5. The second kappa shape index (κ2) is 9.28. The van der Waals surface area contributed by atoms with Gasteiger partial charge in [0.25, 0.3) is 5.56 Å². The van der Waals surface area contributed by atoms with Crippen molar-refractivity contribution < 1.29 is 4.74 Å². The first-order valence-corrected chi connectivity index (χ1v) is 10.5. The van der Waals surface area contributed by atoms with Crippen molar-refractivity contribution in [1.82, 2.24) is 19.8 Å². The summed E-state index contributed by atoms with van der Waals surface area (Å²) in [4.78, 5) is 20.6. The average molecular weight is 437 g/mol. The lowest BCUT2D eigenvalue weighted by atomic mass is 10.1. The van der Waals surface area contributed by atoms with Crippen molar-refractivity contribution in [2.24, 2.45) is 0 Å². The number of methoxy groups -OCH3 is 1. The number of hydrogen-bond donors (Lipinski definition) is 1. The Bertz CT molecular complexity index is 837. The van der Waals surface area contributed by atoms with Gasteiger partial charge in [-0.25, -0.2) is 4.98 Å². The van der Waals surface area contributed by atoms with E-state index in [4.69, 9.17) is 9.72 Å². The van der Waals surface area contributed by atoms with Crippen molar-refractivity contribution in [2.45, 2.75) is 45.3 Å². The number of aromatic nitrogens is 2. The molecule has 1 fully saturated rings. The van der Waals surface area contributed by atoms with Gasteiger partial charge in [-0.05, 0) is 31.5 Å². The number of halogens is 1. The van der Waals surface area contributed by atoms with E-state index in [9.17, 15) is 4.79 Å². The fraction of sp³-hybridized carbons (Fsp3) is 0.600. The number of nitrogens with one attached hydrogen (secondary N) is 1. The van der Waals surface area contributed by atoms with E-state index < -0.39 is 0 Å². The Kier molecular flexibility index (Phi) is 7.03. The third-order valence-electron chi connectivity index (χ3n) is 5.22. The first-order chi connectivity index (χ1) is 13.1. The molecule has 1 aromatic heterocycles. The molecule has 2 atom stereocenters. The largest absolute Gasteiger partial charge is 0.383 e. The smallest absolute Gasteiger partial charge is 0.261 e. The van der Waals surface area contributed by atoms with Crippen molar-refractivity contribution in [2.75, 3.05) is 33.4 Å². The van der Waals surface area contributed by atoms with Crippen LogP contribution in [0, 0.1) is 0 Å². The molecular formula is C20H29BrN4O2. The second-order valence-corrected chi connectivity index (χ2v) is 8.00. The predicted molar refractivity (Wildman–Crippen MR) is 112 cm³/mol. The molecule has 0 radical (unpaired) electrons. The molecule has 148 valence electrons. The summed E-state index contributed by atoms with van der Waals surface area (Å²) < 4.78 is 8.09. The minimum absolute atomic E-state index is 0.0449. The fourth-order valence-corrected chi connectivity index (χ4v) is 4.33. The highest BCUT2D eigenvalue weighted by atomic mass is 79.9. The van der Waals surface area contributed by atoms with E-state index >= 15 is 0 Å². The van der Waals surface area contributed by atoms with Crippen LogP contribution in [0.5, 0.6) is 0 Å². The lowest BCUT2D eigenvalue weighted by Gasteiger charge is -2.39. The van der Waals surface area contributed by atoms with Gasteiger partial charge < -0.3 is 10.1 Å². The topological polar surface area (TPSA) is 59.4 Å². The Morgan fingerprint density at radius 3 is 2.93 bits per heavy atom. The standard InChI is InChI=1S/C20H29BrN4O2/c1-4-6-18(24-10-9-22-15(12-24)13-27-3)19-23-17-8-7-14(21)11-16(17)20(26)25(19)5-2/h7-8,11,15,18,22H,4-6,9-10,12-13H2,1-3H3/t15-,18?/m1/s1. The van der Waals surface area contributed by atoms with Gasteiger partial charge >= 0.3 is 0 Å². The van der Waals surface area contributed by atoms with Gasteiger partial charge in [0, 0.05) is 43.8 Å². The molecule has 2 aromatic rings. The van der Waals surface area contributed by atoms with Crippen molar-refractivity contribution in [3.63, 3.8) is 0 Å². The lowest BCUT2D eigenvalue weighted by molar-refractivity contribution is 0.0839. The quantitative estimate of drug-likeness (QED) is 0.722. The van der Waals surface area contributed by atoms with Crippen molar-refractivity contribution >= 4 is 26.8 Å². The second-order valence-electron chi connectivity index (χ2n) is 7.09. The molecular weight excluding hydrogens is 408 g/mol. The van der Waals surface area contributed by atoms with Crippen molar-refractivity contribution in [3.05, 3.63) is 38.9 Å². The first-order valence-electron chi connectivity index (χ1n) is 9.75. The van der Waals surface area contributed by atoms with Crippen LogP contribution >= 0.6 is 15.9 Å². The molecule has 0 spiro atoms. The van der Waals surface area contributed by atoms with Gasteiger partial charge in [0.1, 0.15) is 5.82 Å². The number of piperazine rings is 1. The maximum atomic E-state index is 13.1. The van der Waals surface area contributed by atoms with E-state index in [1.165, 1.54) is 0 Å². The summed E-state index contributed by atoms with van der Waals surface area (Å²) in [6.45, 7) is 8.29. The van der Waals surface area contributed by atoms with Crippen LogP contribution < -0.4 is 10.9 Å². The molecule has 1 aromatic carbocycles. The van der Waals surface area contributed by atoms with Crippen LogP contribution in [0.3, 0.4) is 0 Å². The Labute approximate surface area is 169 Å². The van der Waals surface area contributed by atoms with Gasteiger partial charge in [-0.1, -0.05) is 29.3 Å². The highest BCUT2D eigenvalue weighted by Gasteiger charge is 2.29. The van der Waals surface area contributed by atoms with Crippen LogP contribution in [0.25, 0.3) is 10.9 Å². The van der Waals surface area contributed by atoms with Gasteiger partial charge in [-0.2, -0.15) is 0 Å². The lowest BCUT2D eigenvalue weighted by Crippen LogP contribution is -2.53. The number of rotatable bonds is 7. The number of fused-ring (bicyclic) bond motifs is 1. The zero-order valence-electron chi connectivity index (χ0n) is 16.4. The van der Waals surface area contributed by atoms with E-state index in [2.05, 4.69) is 33.1 Å². The van der Waals surface area contributed by atoms with Crippen LogP contribution in [-0.4, -0.2) is 53.8 Å². The van der Waals surface area contributed by atoms with Crippen LogP contribution in [0.15, 0.2) is 27.5 Å². The highest BCUT2D eigenvalue weighted by Crippen LogP contribution is 2.27. The highest BCUT2D eigenvalue weighted by molar-refractivity contribution is 9.10. The minimum atomic E-state index is 0.0449. The average Bonchev–Trinajstić information content (AvgIpc) is 2.67. The van der Waals surface area contributed by atoms with Gasteiger partial charge in [-0.3, -0.25) is 14.3 Å².